The van der Waals surface area contributed by atoms with Gasteiger partial charge in [0.25, 0.3) is 0 Å². The van der Waals surface area contributed by atoms with E-state index < -0.39 is 5.97 Å². The summed E-state index contributed by atoms with van der Waals surface area (Å²) in [6.45, 7) is 6.44. The van der Waals surface area contributed by atoms with Gasteiger partial charge in [0.2, 0.25) is 5.91 Å². The molecule has 0 unspecified atom stereocenters. The number of benzene rings is 1. The fourth-order valence-corrected chi connectivity index (χ4v) is 3.55. The Morgan fingerprint density at radius 3 is 2.40 bits per heavy atom. The fourth-order valence-electron chi connectivity index (χ4n) is 2.57. The quantitative estimate of drug-likeness (QED) is 0.844. The van der Waals surface area contributed by atoms with E-state index in [0.29, 0.717) is 15.7 Å². The molecule has 1 fully saturated rings. The van der Waals surface area contributed by atoms with Gasteiger partial charge in [-0.25, -0.2) is 4.98 Å². The smallest absolute Gasteiger partial charge is 0.308 e. The monoisotopic (exact) mass is 358 g/mol. The maximum Gasteiger partial charge on any atom is 0.308 e. The molecule has 1 amide bonds. The van der Waals surface area contributed by atoms with Crippen molar-refractivity contribution in [2.45, 2.75) is 45.4 Å². The third-order valence-electron chi connectivity index (χ3n) is 4.21. The number of carboxylic acids is 1. The number of hydrogen-bond donors (Lipinski definition) is 2. The maximum absolute atomic E-state index is 11.9. The molecule has 2 aromatic rings. The van der Waals surface area contributed by atoms with E-state index in [1.165, 1.54) is 16.9 Å². The highest BCUT2D eigenvalue weighted by Gasteiger charge is 2.30. The molecule has 1 aromatic heterocycles. The molecular formula is C19H22N2O3S. The minimum absolute atomic E-state index is 0.0229. The number of carbonyl (C=O) groups is 2. The van der Waals surface area contributed by atoms with Gasteiger partial charge >= 0.3 is 5.97 Å². The number of nitrogens with zero attached hydrogens (tertiary/aromatic N) is 1. The third kappa shape index (κ3) is 4.25. The summed E-state index contributed by atoms with van der Waals surface area (Å²) >= 11 is 1.24. The van der Waals surface area contributed by atoms with Crippen molar-refractivity contribution in [3.05, 3.63) is 34.7 Å². The Morgan fingerprint density at radius 2 is 1.88 bits per heavy atom. The van der Waals surface area contributed by atoms with Crippen LogP contribution < -0.4 is 5.32 Å². The number of thiazole rings is 1. The Labute approximate surface area is 151 Å². The molecule has 0 bridgehead atoms. The molecule has 0 saturated heterocycles. The average Bonchev–Trinajstić information content (AvgIpc) is 3.30. The van der Waals surface area contributed by atoms with Crippen LogP contribution in [0.25, 0.3) is 11.3 Å². The van der Waals surface area contributed by atoms with E-state index in [-0.39, 0.29) is 23.7 Å². The van der Waals surface area contributed by atoms with Crippen LogP contribution in [-0.2, 0) is 21.4 Å². The lowest BCUT2D eigenvalue weighted by molar-refractivity contribution is -0.136. The Morgan fingerprint density at radius 1 is 1.24 bits per heavy atom. The van der Waals surface area contributed by atoms with Crippen LogP contribution in [-0.4, -0.2) is 22.0 Å². The zero-order chi connectivity index (χ0) is 18.2. The molecule has 1 aromatic carbocycles. The summed E-state index contributed by atoms with van der Waals surface area (Å²) in [4.78, 5) is 28.3. The average molecular weight is 358 g/mol. The second kappa shape index (κ2) is 6.59. The summed E-state index contributed by atoms with van der Waals surface area (Å²) in [6, 6.07) is 8.02. The van der Waals surface area contributed by atoms with Gasteiger partial charge in [0.05, 0.1) is 12.1 Å². The van der Waals surface area contributed by atoms with Gasteiger partial charge in [0, 0.05) is 16.4 Å². The Kier molecular flexibility index (Phi) is 4.64. The highest BCUT2D eigenvalue weighted by atomic mass is 32.1. The molecule has 1 aliphatic carbocycles. The molecule has 25 heavy (non-hydrogen) atoms. The predicted octanol–water partition coefficient (Wildman–Crippen LogP) is 4.08. The lowest BCUT2D eigenvalue weighted by atomic mass is 9.86. The standard InChI is InChI=1S/C19H22N2O3S/c1-19(2,3)13-8-6-11(7-9-13)16-14(10-15(22)23)25-18(20-16)21-17(24)12-4-5-12/h6-9,12H,4-5,10H2,1-3H3,(H,22,23)(H,20,21,24). The lowest BCUT2D eigenvalue weighted by Crippen LogP contribution is -2.12. The van der Waals surface area contributed by atoms with Crippen LogP contribution in [0.3, 0.4) is 0 Å². The second-order valence-corrected chi connectivity index (χ2v) is 8.54. The zero-order valence-corrected chi connectivity index (χ0v) is 15.4. The van der Waals surface area contributed by atoms with E-state index in [9.17, 15) is 9.59 Å². The summed E-state index contributed by atoms with van der Waals surface area (Å²) in [6.07, 6.45) is 1.73. The van der Waals surface area contributed by atoms with Gasteiger partial charge in [-0.3, -0.25) is 9.59 Å². The number of anilines is 1. The highest BCUT2D eigenvalue weighted by Crippen LogP contribution is 2.35. The van der Waals surface area contributed by atoms with E-state index in [1.54, 1.807) is 0 Å². The minimum atomic E-state index is -0.906. The van der Waals surface area contributed by atoms with Crippen LogP contribution in [0.5, 0.6) is 0 Å². The number of rotatable bonds is 5. The lowest BCUT2D eigenvalue weighted by Gasteiger charge is -2.19. The first-order valence-corrected chi connectivity index (χ1v) is 9.19. The van der Waals surface area contributed by atoms with Crippen LogP contribution in [0, 0.1) is 5.92 Å². The summed E-state index contributed by atoms with van der Waals surface area (Å²) in [7, 11) is 0. The van der Waals surface area contributed by atoms with Crippen molar-refractivity contribution in [2.75, 3.05) is 5.32 Å². The number of aromatic nitrogens is 1. The molecular weight excluding hydrogens is 336 g/mol. The van der Waals surface area contributed by atoms with Crippen molar-refractivity contribution in [2.24, 2.45) is 5.92 Å². The molecule has 0 radical (unpaired) electrons. The van der Waals surface area contributed by atoms with Crippen molar-refractivity contribution < 1.29 is 14.7 Å². The molecule has 132 valence electrons. The zero-order valence-electron chi connectivity index (χ0n) is 14.6. The SMILES string of the molecule is CC(C)(C)c1ccc(-c2nc(NC(=O)C3CC3)sc2CC(=O)O)cc1. The molecule has 0 aliphatic heterocycles. The predicted molar refractivity (Wildman–Crippen MR) is 98.9 cm³/mol. The largest absolute Gasteiger partial charge is 0.481 e. The number of aliphatic carboxylic acids is 1. The maximum atomic E-state index is 11.9. The van der Waals surface area contributed by atoms with Crippen LogP contribution in [0.1, 0.15) is 44.1 Å². The molecule has 1 saturated carbocycles. The van der Waals surface area contributed by atoms with E-state index in [0.717, 1.165) is 18.4 Å². The van der Waals surface area contributed by atoms with Crippen LogP contribution in [0.4, 0.5) is 5.13 Å². The first-order valence-electron chi connectivity index (χ1n) is 8.37. The van der Waals surface area contributed by atoms with Gasteiger partial charge in [-0.1, -0.05) is 45.0 Å². The van der Waals surface area contributed by atoms with Gasteiger partial charge in [0.15, 0.2) is 5.13 Å². The number of nitrogens with one attached hydrogen (secondary N) is 1. The van der Waals surface area contributed by atoms with E-state index in [4.69, 9.17) is 5.11 Å². The molecule has 0 atom stereocenters. The normalized spacial score (nSPS) is 14.4. The van der Waals surface area contributed by atoms with Gasteiger partial charge in [-0.2, -0.15) is 0 Å². The van der Waals surface area contributed by atoms with E-state index >= 15 is 0 Å². The molecule has 1 heterocycles. The molecule has 3 rings (SSSR count). The van der Waals surface area contributed by atoms with Crippen molar-refractivity contribution in [3.63, 3.8) is 0 Å². The van der Waals surface area contributed by atoms with Crippen molar-refractivity contribution in [3.8, 4) is 11.3 Å². The summed E-state index contributed by atoms with van der Waals surface area (Å²) in [5, 5.41) is 12.5. The highest BCUT2D eigenvalue weighted by molar-refractivity contribution is 7.16. The molecule has 2 N–H and O–H groups in total. The van der Waals surface area contributed by atoms with E-state index in [2.05, 4.69) is 31.1 Å². The Balaban J connectivity index is 1.91. The number of hydrogen-bond acceptors (Lipinski definition) is 4. The van der Waals surface area contributed by atoms with Gasteiger partial charge in [-0.15, -0.1) is 11.3 Å². The van der Waals surface area contributed by atoms with Gasteiger partial charge < -0.3 is 10.4 Å². The van der Waals surface area contributed by atoms with Crippen molar-refractivity contribution in [1.82, 2.24) is 4.98 Å². The van der Waals surface area contributed by atoms with E-state index in [1.807, 2.05) is 24.3 Å². The molecule has 6 heteroatoms. The fraction of sp³-hybridized carbons (Fsp3) is 0.421. The summed E-state index contributed by atoms with van der Waals surface area (Å²) < 4.78 is 0. The Bertz CT molecular complexity index is 799. The molecule has 5 nitrogen and oxygen atoms in total. The van der Waals surface area contributed by atoms with Crippen LogP contribution in [0.15, 0.2) is 24.3 Å². The summed E-state index contributed by atoms with van der Waals surface area (Å²) in [5.41, 5.74) is 2.76. The van der Waals surface area contributed by atoms with Crippen LogP contribution >= 0.6 is 11.3 Å². The number of carbonyl (C=O) groups excluding carboxylic acids is 1. The first-order chi connectivity index (χ1) is 11.7. The Hall–Kier alpha value is -2.21. The molecule has 0 spiro atoms. The number of amides is 1. The minimum Gasteiger partial charge on any atom is -0.481 e. The second-order valence-electron chi connectivity index (χ2n) is 7.45. The van der Waals surface area contributed by atoms with Gasteiger partial charge in [-0.05, 0) is 23.8 Å². The van der Waals surface area contributed by atoms with Crippen molar-refractivity contribution in [1.29, 1.82) is 0 Å². The first kappa shape index (κ1) is 17.6. The van der Waals surface area contributed by atoms with Crippen molar-refractivity contribution >= 4 is 28.3 Å². The van der Waals surface area contributed by atoms with Gasteiger partial charge in [0.1, 0.15) is 0 Å². The summed E-state index contributed by atoms with van der Waals surface area (Å²) in [5.74, 6) is -0.845. The third-order valence-corrected chi connectivity index (χ3v) is 5.18. The number of carboxylic acid groups (broad SMARTS) is 1. The topological polar surface area (TPSA) is 79.3 Å². The molecule has 1 aliphatic rings. The van der Waals surface area contributed by atoms with Crippen LogP contribution in [0.2, 0.25) is 0 Å².